The summed E-state index contributed by atoms with van der Waals surface area (Å²) in [5.41, 5.74) is 1.32. The van der Waals surface area contributed by atoms with Gasteiger partial charge in [0.25, 0.3) is 0 Å². The van der Waals surface area contributed by atoms with Crippen LogP contribution in [0.3, 0.4) is 0 Å². The summed E-state index contributed by atoms with van der Waals surface area (Å²) >= 11 is 0. The van der Waals surface area contributed by atoms with Crippen molar-refractivity contribution in [2.24, 2.45) is 7.05 Å². The molecule has 0 spiro atoms. The highest BCUT2D eigenvalue weighted by Gasteiger charge is 2.33. The zero-order chi connectivity index (χ0) is 15.4. The van der Waals surface area contributed by atoms with Crippen molar-refractivity contribution < 1.29 is 4.39 Å². The van der Waals surface area contributed by atoms with E-state index in [1.54, 1.807) is 6.20 Å². The topological polar surface area (TPSA) is 24.3 Å². The van der Waals surface area contributed by atoms with Crippen molar-refractivity contribution in [3.05, 3.63) is 29.9 Å². The summed E-state index contributed by atoms with van der Waals surface area (Å²) in [7, 11) is 4.09. The first-order valence-corrected chi connectivity index (χ1v) is 7.62. The molecule has 2 atom stereocenters. The Balaban J connectivity index is 1.93. The Morgan fingerprint density at radius 1 is 1.52 bits per heavy atom. The number of imidazole rings is 1. The van der Waals surface area contributed by atoms with Crippen LogP contribution in [-0.2, 0) is 13.6 Å². The van der Waals surface area contributed by atoms with Gasteiger partial charge >= 0.3 is 0 Å². The standard InChI is InChI=1S/C16H27FN4/c1-13(2)5-7-19(3)11-15-9-14(17)10-21(15)12-16-18-6-8-20(16)4/h5-6,8,14-15H,7,9-12H2,1-4H3/t14-,15-/m0/s1. The van der Waals surface area contributed by atoms with Gasteiger partial charge in [-0.05, 0) is 27.3 Å². The number of nitrogens with zero attached hydrogens (tertiary/aromatic N) is 4. The van der Waals surface area contributed by atoms with E-state index >= 15 is 0 Å². The summed E-state index contributed by atoms with van der Waals surface area (Å²) in [6.07, 6.45) is 5.86. The van der Waals surface area contributed by atoms with Crippen molar-refractivity contribution in [3.8, 4) is 0 Å². The van der Waals surface area contributed by atoms with Gasteiger partial charge in [-0.3, -0.25) is 4.90 Å². The lowest BCUT2D eigenvalue weighted by atomic mass is 10.2. The maximum Gasteiger partial charge on any atom is 0.122 e. The van der Waals surface area contributed by atoms with E-state index in [4.69, 9.17) is 0 Å². The lowest BCUT2D eigenvalue weighted by Crippen LogP contribution is -2.39. The molecule has 2 heterocycles. The number of aromatic nitrogens is 2. The Hall–Kier alpha value is -1.20. The first-order valence-electron chi connectivity index (χ1n) is 7.62. The van der Waals surface area contributed by atoms with Crippen LogP contribution < -0.4 is 0 Å². The Morgan fingerprint density at radius 3 is 2.90 bits per heavy atom. The van der Waals surface area contributed by atoms with E-state index in [1.165, 1.54) is 5.57 Å². The van der Waals surface area contributed by atoms with Crippen molar-refractivity contribution in [3.63, 3.8) is 0 Å². The molecular weight excluding hydrogens is 267 g/mol. The first kappa shape index (κ1) is 16.2. The van der Waals surface area contributed by atoms with E-state index in [-0.39, 0.29) is 6.04 Å². The maximum absolute atomic E-state index is 13.8. The predicted octanol–water partition coefficient (Wildman–Crippen LogP) is 2.23. The van der Waals surface area contributed by atoms with Crippen LogP contribution in [0.4, 0.5) is 4.39 Å². The molecule has 0 unspecified atom stereocenters. The fourth-order valence-electron chi connectivity index (χ4n) is 2.81. The summed E-state index contributed by atoms with van der Waals surface area (Å²) in [5.74, 6) is 1.00. The fraction of sp³-hybridized carbons (Fsp3) is 0.688. The summed E-state index contributed by atoms with van der Waals surface area (Å²) < 4.78 is 15.8. The Labute approximate surface area is 127 Å². The molecule has 1 aromatic rings. The molecule has 1 aliphatic rings. The molecule has 1 aromatic heterocycles. The summed E-state index contributed by atoms with van der Waals surface area (Å²) in [5, 5.41) is 0. The third-order valence-corrected chi connectivity index (χ3v) is 4.08. The molecule has 0 aliphatic carbocycles. The zero-order valence-corrected chi connectivity index (χ0v) is 13.6. The molecule has 0 bridgehead atoms. The number of hydrogen-bond acceptors (Lipinski definition) is 3. The van der Waals surface area contributed by atoms with Gasteiger partial charge in [0.15, 0.2) is 0 Å². The van der Waals surface area contributed by atoms with Crippen LogP contribution in [0.15, 0.2) is 24.0 Å². The van der Waals surface area contributed by atoms with Gasteiger partial charge < -0.3 is 9.47 Å². The Kier molecular flexibility index (Phi) is 5.53. The zero-order valence-electron chi connectivity index (χ0n) is 13.6. The molecule has 2 rings (SSSR count). The number of aryl methyl sites for hydroxylation is 1. The molecule has 1 fully saturated rings. The van der Waals surface area contributed by atoms with Crippen LogP contribution in [-0.4, -0.2) is 58.2 Å². The lowest BCUT2D eigenvalue weighted by Gasteiger charge is -2.27. The second-order valence-corrected chi connectivity index (χ2v) is 6.37. The van der Waals surface area contributed by atoms with Gasteiger partial charge in [-0.25, -0.2) is 9.37 Å². The van der Waals surface area contributed by atoms with Crippen LogP contribution >= 0.6 is 0 Å². The van der Waals surface area contributed by atoms with Crippen molar-refractivity contribution in [2.45, 2.75) is 39.0 Å². The van der Waals surface area contributed by atoms with Gasteiger partial charge in [-0.2, -0.15) is 0 Å². The molecule has 118 valence electrons. The molecule has 0 aromatic carbocycles. The van der Waals surface area contributed by atoms with Crippen LogP contribution in [0.2, 0.25) is 0 Å². The number of rotatable bonds is 6. The molecule has 1 saturated heterocycles. The molecule has 0 saturated carbocycles. The van der Waals surface area contributed by atoms with E-state index in [1.807, 2.05) is 17.8 Å². The summed E-state index contributed by atoms with van der Waals surface area (Å²) in [4.78, 5) is 8.85. The monoisotopic (exact) mass is 294 g/mol. The van der Waals surface area contributed by atoms with Crippen LogP contribution in [0.25, 0.3) is 0 Å². The average molecular weight is 294 g/mol. The van der Waals surface area contributed by atoms with E-state index < -0.39 is 6.17 Å². The van der Waals surface area contributed by atoms with Gasteiger partial charge in [0.1, 0.15) is 12.0 Å². The third kappa shape index (κ3) is 4.64. The fourth-order valence-corrected chi connectivity index (χ4v) is 2.81. The van der Waals surface area contributed by atoms with Crippen LogP contribution in [0.5, 0.6) is 0 Å². The second-order valence-electron chi connectivity index (χ2n) is 6.37. The lowest BCUT2D eigenvalue weighted by molar-refractivity contribution is 0.186. The van der Waals surface area contributed by atoms with Crippen molar-refractivity contribution >= 4 is 0 Å². The molecule has 4 nitrogen and oxygen atoms in total. The average Bonchev–Trinajstić information content (AvgIpc) is 2.95. The molecule has 1 aliphatic heterocycles. The molecule has 0 radical (unpaired) electrons. The molecule has 21 heavy (non-hydrogen) atoms. The normalized spacial score (nSPS) is 23.0. The third-order valence-electron chi connectivity index (χ3n) is 4.08. The van der Waals surface area contributed by atoms with Gasteiger partial charge in [0.05, 0.1) is 6.54 Å². The number of hydrogen-bond donors (Lipinski definition) is 0. The molecular formula is C16H27FN4. The highest BCUT2D eigenvalue weighted by Crippen LogP contribution is 2.22. The molecule has 0 N–H and O–H groups in total. The number of allylic oxidation sites excluding steroid dienone is 1. The number of likely N-dealkylation sites (tertiary alicyclic amines) is 1. The Morgan fingerprint density at radius 2 is 2.29 bits per heavy atom. The minimum Gasteiger partial charge on any atom is -0.337 e. The number of halogens is 1. The van der Waals surface area contributed by atoms with Gasteiger partial charge in [-0.15, -0.1) is 0 Å². The molecule has 5 heteroatoms. The molecule has 0 amide bonds. The van der Waals surface area contributed by atoms with Crippen LogP contribution in [0.1, 0.15) is 26.1 Å². The van der Waals surface area contributed by atoms with E-state index in [9.17, 15) is 4.39 Å². The van der Waals surface area contributed by atoms with Gasteiger partial charge in [0, 0.05) is 45.1 Å². The number of likely N-dealkylation sites (N-methyl/N-ethyl adjacent to an activating group) is 1. The smallest absolute Gasteiger partial charge is 0.122 e. The van der Waals surface area contributed by atoms with E-state index in [2.05, 4.69) is 41.8 Å². The van der Waals surface area contributed by atoms with E-state index in [0.29, 0.717) is 13.0 Å². The van der Waals surface area contributed by atoms with Crippen molar-refractivity contribution in [1.29, 1.82) is 0 Å². The highest BCUT2D eigenvalue weighted by molar-refractivity contribution is 4.97. The maximum atomic E-state index is 13.8. The second kappa shape index (κ2) is 7.18. The number of alkyl halides is 1. The van der Waals surface area contributed by atoms with Crippen molar-refractivity contribution in [2.75, 3.05) is 26.7 Å². The first-order chi connectivity index (χ1) is 9.95. The Bertz CT molecular complexity index is 478. The van der Waals surface area contributed by atoms with Crippen molar-refractivity contribution in [1.82, 2.24) is 19.4 Å². The predicted molar refractivity (Wildman–Crippen MR) is 83.8 cm³/mol. The largest absolute Gasteiger partial charge is 0.337 e. The minimum atomic E-state index is -0.716. The van der Waals surface area contributed by atoms with E-state index in [0.717, 1.165) is 25.5 Å². The quantitative estimate of drug-likeness (QED) is 0.752. The van der Waals surface area contributed by atoms with Gasteiger partial charge in [0.2, 0.25) is 0 Å². The summed E-state index contributed by atoms with van der Waals surface area (Å²) in [6.45, 7) is 7.28. The highest BCUT2D eigenvalue weighted by atomic mass is 19.1. The van der Waals surface area contributed by atoms with Crippen LogP contribution in [0, 0.1) is 0 Å². The minimum absolute atomic E-state index is 0.271. The SMILES string of the molecule is CC(C)=CCN(C)C[C@@H]1C[C@H](F)CN1Cc1nccn1C. The summed E-state index contributed by atoms with van der Waals surface area (Å²) in [6, 6.07) is 0.271. The van der Waals surface area contributed by atoms with Gasteiger partial charge in [-0.1, -0.05) is 11.6 Å².